The number of thiocarbonyl (C=S) groups is 1. The summed E-state index contributed by atoms with van der Waals surface area (Å²) in [7, 11) is 0. The minimum absolute atomic E-state index is 0.260. The highest BCUT2D eigenvalue weighted by atomic mass is 32.1. The maximum atomic E-state index is 12.4. The Balaban J connectivity index is 2.05. The zero-order valence-corrected chi connectivity index (χ0v) is 15.0. The van der Waals surface area contributed by atoms with Crippen molar-refractivity contribution in [3.63, 3.8) is 0 Å². The first-order valence-electron chi connectivity index (χ1n) is 7.92. The van der Waals surface area contributed by atoms with Crippen molar-refractivity contribution in [3.8, 4) is 5.75 Å². The van der Waals surface area contributed by atoms with Crippen molar-refractivity contribution in [1.82, 2.24) is 5.32 Å². The second kappa shape index (κ2) is 8.45. The summed E-state index contributed by atoms with van der Waals surface area (Å²) in [6, 6.07) is 13.2. The van der Waals surface area contributed by atoms with Crippen LogP contribution in [0.15, 0.2) is 42.5 Å². The number of anilines is 1. The van der Waals surface area contributed by atoms with E-state index >= 15 is 0 Å². The molecule has 24 heavy (non-hydrogen) atoms. The number of hydrogen-bond donors (Lipinski definition) is 2. The summed E-state index contributed by atoms with van der Waals surface area (Å²) in [4.78, 5) is 12.4. The molecule has 0 aromatic heterocycles. The van der Waals surface area contributed by atoms with Gasteiger partial charge in [0.2, 0.25) is 0 Å². The van der Waals surface area contributed by atoms with E-state index in [1.54, 1.807) is 18.2 Å². The maximum Gasteiger partial charge on any atom is 0.261 e. The van der Waals surface area contributed by atoms with Crippen LogP contribution in [0.2, 0.25) is 0 Å². The molecule has 126 valence electrons. The Morgan fingerprint density at radius 3 is 2.46 bits per heavy atom. The minimum Gasteiger partial charge on any atom is -0.493 e. The van der Waals surface area contributed by atoms with Crippen LogP contribution in [0.4, 0.5) is 5.69 Å². The van der Waals surface area contributed by atoms with E-state index in [0.29, 0.717) is 17.9 Å². The van der Waals surface area contributed by atoms with E-state index in [9.17, 15) is 4.79 Å². The summed E-state index contributed by atoms with van der Waals surface area (Å²) >= 11 is 5.25. The summed E-state index contributed by atoms with van der Waals surface area (Å²) in [5.41, 5.74) is 3.58. The summed E-state index contributed by atoms with van der Waals surface area (Å²) < 4.78 is 5.61. The fourth-order valence-electron chi connectivity index (χ4n) is 2.37. The smallest absolute Gasteiger partial charge is 0.261 e. The average molecular weight is 342 g/mol. The highest BCUT2D eigenvalue weighted by molar-refractivity contribution is 7.80. The van der Waals surface area contributed by atoms with Crippen molar-refractivity contribution in [2.45, 2.75) is 27.2 Å². The first-order valence-corrected chi connectivity index (χ1v) is 8.33. The molecule has 0 bridgehead atoms. The maximum absolute atomic E-state index is 12.4. The molecule has 2 aromatic carbocycles. The summed E-state index contributed by atoms with van der Waals surface area (Å²) in [6.07, 6.45) is 0.878. The number of hydrogen-bond acceptors (Lipinski definition) is 3. The van der Waals surface area contributed by atoms with Crippen molar-refractivity contribution >= 4 is 28.9 Å². The second-order valence-electron chi connectivity index (χ2n) is 5.63. The molecule has 1 amide bonds. The van der Waals surface area contributed by atoms with Crippen LogP contribution in [-0.2, 0) is 0 Å². The molecule has 0 radical (unpaired) electrons. The van der Waals surface area contributed by atoms with E-state index in [1.165, 1.54) is 0 Å². The Hall–Kier alpha value is -2.40. The van der Waals surface area contributed by atoms with Crippen molar-refractivity contribution < 1.29 is 9.53 Å². The Bertz CT molecular complexity index is 724. The predicted molar refractivity (Wildman–Crippen MR) is 102 cm³/mol. The largest absolute Gasteiger partial charge is 0.493 e. The average Bonchev–Trinajstić information content (AvgIpc) is 2.52. The van der Waals surface area contributed by atoms with E-state index in [-0.39, 0.29) is 11.0 Å². The van der Waals surface area contributed by atoms with Crippen molar-refractivity contribution in [2.24, 2.45) is 0 Å². The van der Waals surface area contributed by atoms with E-state index in [1.807, 2.05) is 39.0 Å². The Kier molecular flexibility index (Phi) is 6.32. The summed E-state index contributed by atoms with van der Waals surface area (Å²) in [5.74, 6) is 0.273. The fourth-order valence-corrected chi connectivity index (χ4v) is 2.58. The molecule has 2 rings (SSSR count). The number of amides is 1. The van der Waals surface area contributed by atoms with Gasteiger partial charge in [-0.05, 0) is 67.9 Å². The van der Waals surface area contributed by atoms with Crippen LogP contribution in [0.3, 0.4) is 0 Å². The van der Waals surface area contributed by atoms with Crippen molar-refractivity contribution in [2.75, 3.05) is 11.9 Å². The van der Waals surface area contributed by atoms with Crippen LogP contribution in [0.5, 0.6) is 5.75 Å². The number of carbonyl (C=O) groups is 1. The minimum atomic E-state index is -0.288. The summed E-state index contributed by atoms with van der Waals surface area (Å²) in [5, 5.41) is 6.01. The number of para-hydroxylation sites is 1. The molecule has 0 aliphatic carbocycles. The zero-order valence-electron chi connectivity index (χ0n) is 14.2. The van der Waals surface area contributed by atoms with Gasteiger partial charge in [-0.3, -0.25) is 10.1 Å². The molecule has 4 nitrogen and oxygen atoms in total. The Labute approximate surface area is 148 Å². The quantitative estimate of drug-likeness (QED) is 0.799. The molecule has 0 unspecified atom stereocenters. The standard InChI is InChI=1S/C19H22N2O2S/c1-4-9-23-17-8-6-5-7-16(17)18(22)21-19(24)20-15-11-13(2)10-14(3)12-15/h5-8,10-12H,4,9H2,1-3H3,(H2,20,21,22,24). The molecule has 0 aliphatic heterocycles. The van der Waals surface area contributed by atoms with Crippen molar-refractivity contribution in [1.29, 1.82) is 0 Å². The van der Waals surface area contributed by atoms with Crippen LogP contribution >= 0.6 is 12.2 Å². The van der Waals surface area contributed by atoms with Gasteiger partial charge in [0.15, 0.2) is 5.11 Å². The van der Waals surface area contributed by atoms with Gasteiger partial charge in [0.1, 0.15) is 5.75 Å². The molecular formula is C19H22N2O2S. The summed E-state index contributed by atoms with van der Waals surface area (Å²) in [6.45, 7) is 6.61. The number of nitrogens with one attached hydrogen (secondary N) is 2. The molecule has 0 aliphatic rings. The fraction of sp³-hybridized carbons (Fsp3) is 0.263. The zero-order chi connectivity index (χ0) is 17.5. The van der Waals surface area contributed by atoms with Crippen molar-refractivity contribution in [3.05, 3.63) is 59.2 Å². The molecule has 0 fully saturated rings. The van der Waals surface area contributed by atoms with Crippen LogP contribution < -0.4 is 15.4 Å². The lowest BCUT2D eigenvalue weighted by molar-refractivity contribution is 0.0973. The van der Waals surface area contributed by atoms with Crippen LogP contribution in [0.25, 0.3) is 0 Å². The van der Waals surface area contributed by atoms with Gasteiger partial charge in [-0.15, -0.1) is 0 Å². The third-order valence-corrected chi connectivity index (χ3v) is 3.50. The van der Waals surface area contributed by atoms with E-state index < -0.39 is 0 Å². The van der Waals surface area contributed by atoms with Gasteiger partial charge in [-0.2, -0.15) is 0 Å². The van der Waals surface area contributed by atoms with Gasteiger partial charge in [0, 0.05) is 5.69 Å². The molecule has 2 N–H and O–H groups in total. The number of rotatable bonds is 5. The van der Waals surface area contributed by atoms with Crippen LogP contribution in [0.1, 0.15) is 34.8 Å². The molecule has 5 heteroatoms. The molecule has 0 heterocycles. The topological polar surface area (TPSA) is 50.4 Å². The molecule has 0 atom stereocenters. The normalized spacial score (nSPS) is 10.1. The monoisotopic (exact) mass is 342 g/mol. The SMILES string of the molecule is CCCOc1ccccc1C(=O)NC(=S)Nc1cc(C)cc(C)c1. The van der Waals surface area contributed by atoms with Crippen LogP contribution in [-0.4, -0.2) is 17.6 Å². The molecule has 0 spiro atoms. The molecule has 0 saturated heterocycles. The van der Waals surface area contributed by atoms with Gasteiger partial charge in [0.05, 0.1) is 12.2 Å². The number of aryl methyl sites for hydroxylation is 2. The second-order valence-corrected chi connectivity index (χ2v) is 6.04. The van der Waals surface area contributed by atoms with E-state index in [4.69, 9.17) is 17.0 Å². The highest BCUT2D eigenvalue weighted by Gasteiger charge is 2.13. The van der Waals surface area contributed by atoms with E-state index in [2.05, 4.69) is 16.7 Å². The highest BCUT2D eigenvalue weighted by Crippen LogP contribution is 2.18. The van der Waals surface area contributed by atoms with Gasteiger partial charge in [0.25, 0.3) is 5.91 Å². The lowest BCUT2D eigenvalue weighted by Crippen LogP contribution is -2.34. The number of carbonyl (C=O) groups excluding carboxylic acids is 1. The molecule has 2 aromatic rings. The third-order valence-electron chi connectivity index (χ3n) is 3.30. The van der Waals surface area contributed by atoms with Gasteiger partial charge >= 0.3 is 0 Å². The van der Waals surface area contributed by atoms with Crippen LogP contribution in [0, 0.1) is 13.8 Å². The molecular weight excluding hydrogens is 320 g/mol. The van der Waals surface area contributed by atoms with Gasteiger partial charge in [-0.1, -0.05) is 25.1 Å². The lowest BCUT2D eigenvalue weighted by Gasteiger charge is -2.13. The molecule has 0 saturated carbocycles. The lowest BCUT2D eigenvalue weighted by atomic mass is 10.1. The van der Waals surface area contributed by atoms with Gasteiger partial charge in [-0.25, -0.2) is 0 Å². The first-order chi connectivity index (χ1) is 11.5. The first kappa shape index (κ1) is 17.9. The number of benzene rings is 2. The third kappa shape index (κ3) is 5.06. The predicted octanol–water partition coefficient (Wildman–Crippen LogP) is 4.22. The Morgan fingerprint density at radius 1 is 1.12 bits per heavy atom. The van der Waals surface area contributed by atoms with E-state index in [0.717, 1.165) is 23.2 Å². The number of ether oxygens (including phenoxy) is 1. The Morgan fingerprint density at radius 2 is 1.79 bits per heavy atom. The van der Waals surface area contributed by atoms with Gasteiger partial charge < -0.3 is 10.1 Å².